The number of carboxylic acid groups (broad SMARTS) is 1. The molecule has 212 valence electrons. The number of rotatable bonds is 11. The lowest BCUT2D eigenvalue weighted by Crippen LogP contribution is -2.71. The van der Waals surface area contributed by atoms with Gasteiger partial charge in [0.05, 0.1) is 5.25 Å². The Kier molecular flexibility index (Phi) is 8.21. The van der Waals surface area contributed by atoms with E-state index in [2.05, 4.69) is 25.7 Å². The molecule has 2 amide bonds. The number of amides is 2. The number of carbonyl (C=O) groups is 3. The van der Waals surface area contributed by atoms with E-state index in [1.165, 1.54) is 39.8 Å². The maximum Gasteiger partial charge on any atom is 0.352 e. The van der Waals surface area contributed by atoms with Crippen molar-refractivity contribution < 1.29 is 24.3 Å². The maximum absolute atomic E-state index is 13.4. The molecule has 6 rings (SSSR count). The summed E-state index contributed by atoms with van der Waals surface area (Å²) in [5, 5.41) is 26.0. The number of aliphatic carboxylic acids is 1. The highest BCUT2D eigenvalue weighted by Gasteiger charge is 2.54. The lowest BCUT2D eigenvalue weighted by molar-refractivity contribution is -0.150. The second kappa shape index (κ2) is 12.0. The zero-order valence-corrected chi connectivity index (χ0v) is 25.0. The van der Waals surface area contributed by atoms with Crippen LogP contribution in [0.1, 0.15) is 12.1 Å². The molecule has 4 heterocycles. The van der Waals surface area contributed by atoms with E-state index in [0.717, 1.165) is 22.7 Å². The van der Waals surface area contributed by atoms with E-state index >= 15 is 0 Å². The smallest absolute Gasteiger partial charge is 0.352 e. The topological polar surface area (TPSA) is 173 Å². The summed E-state index contributed by atoms with van der Waals surface area (Å²) >= 11 is 6.95. The summed E-state index contributed by atoms with van der Waals surface area (Å²) in [6.45, 7) is 0. The second-order valence-corrected chi connectivity index (χ2v) is 14.3. The predicted octanol–water partition coefficient (Wildman–Crippen LogP) is 2.76. The van der Waals surface area contributed by atoms with Gasteiger partial charge in [-0.1, -0.05) is 46.5 Å². The maximum atomic E-state index is 13.4. The summed E-state index contributed by atoms with van der Waals surface area (Å²) in [7, 11) is 0. The Morgan fingerprint density at radius 3 is 2.80 bits per heavy atom. The number of benzene rings is 1. The Labute approximate surface area is 254 Å². The molecular formula is C24H21N7O5S5. The van der Waals surface area contributed by atoms with Crippen LogP contribution in [0.4, 0.5) is 5.13 Å². The van der Waals surface area contributed by atoms with Crippen molar-refractivity contribution >= 4 is 86.6 Å². The van der Waals surface area contributed by atoms with Gasteiger partial charge in [0, 0.05) is 28.2 Å². The molecular weight excluding hydrogens is 627 g/mol. The van der Waals surface area contributed by atoms with Gasteiger partial charge in [0.1, 0.15) is 34.4 Å². The minimum Gasteiger partial charge on any atom is -0.477 e. The minimum absolute atomic E-state index is 0.0542. The molecule has 2 aliphatic heterocycles. The van der Waals surface area contributed by atoms with E-state index in [1.807, 2.05) is 30.3 Å². The van der Waals surface area contributed by atoms with Crippen LogP contribution in [0, 0.1) is 0 Å². The van der Waals surface area contributed by atoms with Gasteiger partial charge in [-0.3, -0.25) is 14.5 Å². The van der Waals surface area contributed by atoms with Crippen molar-refractivity contribution in [3.8, 4) is 0 Å². The summed E-state index contributed by atoms with van der Waals surface area (Å²) < 4.78 is 0.710. The number of nitrogen functional groups attached to an aromatic ring is 1. The van der Waals surface area contributed by atoms with E-state index in [-0.39, 0.29) is 33.6 Å². The van der Waals surface area contributed by atoms with Crippen molar-refractivity contribution in [2.75, 3.05) is 17.2 Å². The standard InChI is InChI=1S/C24H21N7O5S5/c25-23-27-13(9-38-23)16(30-36-14-6-15(14)41-12-4-2-1-3-5-12)19(32)28-17-20(33)31-18(22(34)35)11(7-37-21(17)31)8-39-24-29-26-10-40-24/h1-5,9-10,14-15,17,21H,6-8H2,(H2,25,27)(H,28,32)(H,34,35)/t14?,15?,17-,21+/m1/s1. The molecule has 1 saturated carbocycles. The molecule has 3 aromatic rings. The molecule has 4 atom stereocenters. The molecule has 1 saturated heterocycles. The number of carbonyl (C=O) groups excluding carboxylic acids is 2. The molecule has 0 spiro atoms. The quantitative estimate of drug-likeness (QED) is 0.120. The van der Waals surface area contributed by atoms with Crippen molar-refractivity contribution in [3.63, 3.8) is 0 Å². The molecule has 41 heavy (non-hydrogen) atoms. The number of thioether (sulfide) groups is 3. The first-order valence-corrected chi connectivity index (χ1v) is 16.8. The summed E-state index contributed by atoms with van der Waals surface area (Å²) in [4.78, 5) is 50.9. The normalized spacial score (nSPS) is 23.6. The highest BCUT2D eigenvalue weighted by molar-refractivity contribution is 8.02. The van der Waals surface area contributed by atoms with Crippen molar-refractivity contribution in [1.29, 1.82) is 0 Å². The van der Waals surface area contributed by atoms with E-state index in [4.69, 9.17) is 10.6 Å². The Hall–Kier alpha value is -3.12. The molecule has 2 unspecified atom stereocenters. The van der Waals surface area contributed by atoms with E-state index in [1.54, 1.807) is 22.7 Å². The summed E-state index contributed by atoms with van der Waals surface area (Å²) in [6, 6.07) is 9.01. The van der Waals surface area contributed by atoms with Crippen molar-refractivity contribution in [3.05, 3.63) is 58.2 Å². The molecule has 1 aromatic carbocycles. The lowest BCUT2D eigenvalue weighted by Gasteiger charge is -2.49. The number of aromatic nitrogens is 3. The molecule has 1 aliphatic carbocycles. The predicted molar refractivity (Wildman–Crippen MR) is 159 cm³/mol. The summed E-state index contributed by atoms with van der Waals surface area (Å²) in [5.41, 5.74) is 8.09. The van der Waals surface area contributed by atoms with Crippen LogP contribution in [0.5, 0.6) is 0 Å². The molecule has 2 aromatic heterocycles. The number of carboxylic acids is 1. The number of thiazole rings is 1. The number of hydrogen-bond donors (Lipinski definition) is 3. The van der Waals surface area contributed by atoms with Gasteiger partial charge < -0.3 is 21.0 Å². The highest BCUT2D eigenvalue weighted by Crippen LogP contribution is 2.43. The number of nitrogens with one attached hydrogen (secondary N) is 1. The molecule has 4 N–H and O–H groups in total. The number of nitrogens with zero attached hydrogens (tertiary/aromatic N) is 5. The third-order valence-electron chi connectivity index (χ3n) is 6.21. The Bertz CT molecular complexity index is 1530. The molecule has 17 heteroatoms. The summed E-state index contributed by atoms with van der Waals surface area (Å²) in [6.07, 6.45) is 0.601. The Morgan fingerprint density at radius 1 is 1.27 bits per heavy atom. The zero-order chi connectivity index (χ0) is 28.5. The fraction of sp³-hybridized carbons (Fsp3) is 0.292. The van der Waals surface area contributed by atoms with Gasteiger partial charge in [-0.25, -0.2) is 9.78 Å². The number of β-lactam (4-membered cyclic amide) rings is 1. The van der Waals surface area contributed by atoms with Crippen molar-refractivity contribution in [2.45, 2.75) is 38.4 Å². The average molecular weight is 648 g/mol. The van der Waals surface area contributed by atoms with E-state index < -0.39 is 29.2 Å². The van der Waals surface area contributed by atoms with Crippen LogP contribution in [-0.2, 0) is 19.2 Å². The second-order valence-electron chi connectivity index (χ2n) is 8.97. The number of hydrogen-bond acceptors (Lipinski definition) is 14. The summed E-state index contributed by atoms with van der Waals surface area (Å²) in [5.74, 6) is -1.60. The van der Waals surface area contributed by atoms with Crippen molar-refractivity contribution in [2.24, 2.45) is 5.16 Å². The highest BCUT2D eigenvalue weighted by atomic mass is 32.2. The largest absolute Gasteiger partial charge is 0.477 e. The third kappa shape index (κ3) is 6.08. The Morgan fingerprint density at radius 2 is 2.10 bits per heavy atom. The first kappa shape index (κ1) is 28.0. The van der Waals surface area contributed by atoms with Gasteiger partial charge in [-0.05, 0) is 17.7 Å². The monoisotopic (exact) mass is 647 g/mol. The molecule has 12 nitrogen and oxygen atoms in total. The third-order valence-corrected chi connectivity index (χ3v) is 11.5. The zero-order valence-electron chi connectivity index (χ0n) is 20.9. The number of oxime groups is 1. The fourth-order valence-corrected chi connectivity index (χ4v) is 8.83. The van der Waals surface area contributed by atoms with Crippen molar-refractivity contribution in [1.82, 2.24) is 25.4 Å². The SMILES string of the molecule is Nc1nc(C(=NOC2CC2Sc2ccccc2)C(=O)N[C@@H]2C(=O)N3C(C(=O)O)=C(CSc4nncs4)CS[C@@H]23)cs1. The lowest BCUT2D eigenvalue weighted by atomic mass is 10.0. The van der Waals surface area contributed by atoms with Crippen LogP contribution < -0.4 is 11.1 Å². The Balaban J connectivity index is 1.13. The van der Waals surface area contributed by atoms with Crippen LogP contribution in [0.15, 0.2) is 66.9 Å². The molecule has 2 fully saturated rings. The van der Waals surface area contributed by atoms with Crippen LogP contribution in [0.3, 0.4) is 0 Å². The first-order valence-electron chi connectivity index (χ1n) is 12.2. The van der Waals surface area contributed by atoms with Gasteiger partial charge in [0.2, 0.25) is 0 Å². The van der Waals surface area contributed by atoms with Gasteiger partial charge in [0.15, 0.2) is 15.2 Å². The number of anilines is 1. The minimum atomic E-state index is -1.19. The molecule has 0 bridgehead atoms. The van der Waals surface area contributed by atoms with Gasteiger partial charge in [-0.2, -0.15) is 0 Å². The van der Waals surface area contributed by atoms with E-state index in [9.17, 15) is 19.5 Å². The van der Waals surface area contributed by atoms with Crippen LogP contribution in [-0.4, -0.2) is 83.0 Å². The van der Waals surface area contributed by atoms with E-state index in [0.29, 0.717) is 21.4 Å². The average Bonchev–Trinajstić information content (AvgIpc) is 3.29. The van der Waals surface area contributed by atoms with Crippen LogP contribution in [0.25, 0.3) is 0 Å². The first-order chi connectivity index (χ1) is 19.9. The number of fused-ring (bicyclic) bond motifs is 1. The molecule has 0 radical (unpaired) electrons. The molecule has 3 aliphatic rings. The van der Waals surface area contributed by atoms with Gasteiger partial charge in [-0.15, -0.1) is 45.1 Å². The van der Waals surface area contributed by atoms with Crippen LogP contribution in [0.2, 0.25) is 0 Å². The van der Waals surface area contributed by atoms with Gasteiger partial charge >= 0.3 is 5.97 Å². The van der Waals surface area contributed by atoms with Gasteiger partial charge in [0.25, 0.3) is 11.8 Å². The number of nitrogens with two attached hydrogens (primary N) is 1. The fourth-order valence-electron chi connectivity index (χ4n) is 4.16. The van der Waals surface area contributed by atoms with Crippen LogP contribution >= 0.6 is 58.0 Å².